The van der Waals surface area contributed by atoms with Crippen LogP contribution < -0.4 is 10.1 Å². The largest absolute Gasteiger partial charge is 0.422 e. The maximum atomic E-state index is 12.2. The molecule has 0 aliphatic carbocycles. The van der Waals surface area contributed by atoms with Gasteiger partial charge in [0.2, 0.25) is 5.95 Å². The van der Waals surface area contributed by atoms with Crippen LogP contribution in [-0.2, 0) is 7.05 Å². The highest BCUT2D eigenvalue weighted by Gasteiger charge is 2.13. The topological polar surface area (TPSA) is 69.0 Å². The fraction of sp³-hybridized carbons (Fsp3) is 0.0500. The SMILES string of the molecule is Cn1c(Nc2ccc(Br)cc2)nc2cc(OC(=O)c3ccccn3)ccc21. The van der Waals surface area contributed by atoms with Crippen LogP contribution in [0.5, 0.6) is 5.75 Å². The van der Waals surface area contributed by atoms with Gasteiger partial charge in [0.05, 0.1) is 11.0 Å². The van der Waals surface area contributed by atoms with Gasteiger partial charge in [0.15, 0.2) is 0 Å². The molecule has 0 fully saturated rings. The number of hydrogen-bond acceptors (Lipinski definition) is 5. The van der Waals surface area contributed by atoms with Crippen molar-refractivity contribution in [1.82, 2.24) is 14.5 Å². The number of pyridine rings is 1. The van der Waals surface area contributed by atoms with Crippen LogP contribution in [0.3, 0.4) is 0 Å². The molecular weight excluding hydrogens is 408 g/mol. The van der Waals surface area contributed by atoms with Gasteiger partial charge in [-0.2, -0.15) is 0 Å². The van der Waals surface area contributed by atoms with Crippen molar-refractivity contribution < 1.29 is 9.53 Å². The zero-order chi connectivity index (χ0) is 18.8. The minimum absolute atomic E-state index is 0.260. The standard InChI is InChI=1S/C20H15BrN4O2/c1-25-18-10-9-15(27-19(26)16-4-2-3-11-22-16)12-17(18)24-20(25)23-14-7-5-13(21)6-8-14/h2-12H,1H3,(H,23,24). The molecule has 0 amide bonds. The maximum Gasteiger partial charge on any atom is 0.362 e. The van der Waals surface area contributed by atoms with E-state index >= 15 is 0 Å². The second-order valence-electron chi connectivity index (χ2n) is 5.88. The van der Waals surface area contributed by atoms with E-state index in [-0.39, 0.29) is 5.69 Å². The van der Waals surface area contributed by atoms with Gasteiger partial charge in [-0.15, -0.1) is 0 Å². The van der Waals surface area contributed by atoms with Gasteiger partial charge < -0.3 is 14.6 Å². The third-order valence-corrected chi connectivity index (χ3v) is 4.57. The number of fused-ring (bicyclic) bond motifs is 1. The van der Waals surface area contributed by atoms with Crippen molar-refractivity contribution in [2.24, 2.45) is 7.05 Å². The predicted molar refractivity (Wildman–Crippen MR) is 107 cm³/mol. The molecule has 0 unspecified atom stereocenters. The fourth-order valence-electron chi connectivity index (χ4n) is 2.66. The summed E-state index contributed by atoms with van der Waals surface area (Å²) in [5.41, 5.74) is 2.84. The molecule has 0 atom stereocenters. The van der Waals surface area contributed by atoms with Gasteiger partial charge in [-0.05, 0) is 48.5 Å². The van der Waals surface area contributed by atoms with Gasteiger partial charge in [0.1, 0.15) is 11.4 Å². The van der Waals surface area contributed by atoms with E-state index in [9.17, 15) is 4.79 Å². The summed E-state index contributed by atoms with van der Waals surface area (Å²) >= 11 is 3.42. The van der Waals surface area contributed by atoms with E-state index in [1.54, 1.807) is 36.5 Å². The van der Waals surface area contributed by atoms with E-state index in [1.807, 2.05) is 41.9 Å². The first kappa shape index (κ1) is 17.2. The third-order valence-electron chi connectivity index (χ3n) is 4.04. The van der Waals surface area contributed by atoms with Crippen molar-refractivity contribution in [3.63, 3.8) is 0 Å². The highest BCUT2D eigenvalue weighted by molar-refractivity contribution is 9.10. The molecule has 7 heteroatoms. The molecular formula is C20H15BrN4O2. The second kappa shape index (κ2) is 7.20. The Hall–Kier alpha value is -3.19. The Morgan fingerprint density at radius 3 is 2.67 bits per heavy atom. The first-order valence-corrected chi connectivity index (χ1v) is 9.02. The monoisotopic (exact) mass is 422 g/mol. The van der Waals surface area contributed by atoms with E-state index in [0.717, 1.165) is 21.2 Å². The number of anilines is 2. The quantitative estimate of drug-likeness (QED) is 0.381. The number of esters is 1. The van der Waals surface area contributed by atoms with Crippen LogP contribution in [0.2, 0.25) is 0 Å². The average molecular weight is 423 g/mol. The van der Waals surface area contributed by atoms with Crippen molar-refractivity contribution in [2.45, 2.75) is 0 Å². The number of nitrogens with one attached hydrogen (secondary N) is 1. The lowest BCUT2D eigenvalue weighted by molar-refractivity contribution is 0.0729. The smallest absolute Gasteiger partial charge is 0.362 e. The molecule has 2 aromatic carbocycles. The highest BCUT2D eigenvalue weighted by Crippen LogP contribution is 2.26. The van der Waals surface area contributed by atoms with Gasteiger partial charge in [0.25, 0.3) is 0 Å². The summed E-state index contributed by atoms with van der Waals surface area (Å²) in [6, 6.07) is 18.3. The Morgan fingerprint density at radius 1 is 1.11 bits per heavy atom. The second-order valence-corrected chi connectivity index (χ2v) is 6.80. The van der Waals surface area contributed by atoms with Gasteiger partial charge in [-0.3, -0.25) is 0 Å². The molecule has 2 heterocycles. The summed E-state index contributed by atoms with van der Waals surface area (Å²) in [6.07, 6.45) is 1.55. The van der Waals surface area contributed by atoms with E-state index in [0.29, 0.717) is 11.7 Å². The molecule has 0 aliphatic heterocycles. The van der Waals surface area contributed by atoms with Crippen LogP contribution in [-0.4, -0.2) is 20.5 Å². The molecule has 0 radical (unpaired) electrons. The minimum Gasteiger partial charge on any atom is -0.422 e. The zero-order valence-electron chi connectivity index (χ0n) is 14.4. The lowest BCUT2D eigenvalue weighted by Gasteiger charge is -2.06. The van der Waals surface area contributed by atoms with E-state index in [1.165, 1.54) is 0 Å². The molecule has 27 heavy (non-hydrogen) atoms. The third kappa shape index (κ3) is 3.68. The summed E-state index contributed by atoms with van der Waals surface area (Å²) in [5, 5.41) is 3.29. The van der Waals surface area contributed by atoms with Crippen LogP contribution >= 0.6 is 15.9 Å². The van der Waals surface area contributed by atoms with Crippen molar-refractivity contribution in [2.75, 3.05) is 5.32 Å². The first-order valence-electron chi connectivity index (χ1n) is 8.22. The maximum absolute atomic E-state index is 12.2. The zero-order valence-corrected chi connectivity index (χ0v) is 16.0. The van der Waals surface area contributed by atoms with Crippen molar-refractivity contribution in [1.29, 1.82) is 0 Å². The summed E-state index contributed by atoms with van der Waals surface area (Å²) in [4.78, 5) is 20.8. The molecule has 2 aromatic heterocycles. The van der Waals surface area contributed by atoms with Crippen LogP contribution in [0.25, 0.3) is 11.0 Å². The lowest BCUT2D eigenvalue weighted by Crippen LogP contribution is -2.10. The van der Waals surface area contributed by atoms with E-state index in [4.69, 9.17) is 4.74 Å². The molecule has 134 valence electrons. The summed E-state index contributed by atoms with van der Waals surface area (Å²) in [5.74, 6) is 0.617. The number of aryl methyl sites for hydroxylation is 1. The molecule has 4 rings (SSSR count). The molecule has 6 nitrogen and oxygen atoms in total. The van der Waals surface area contributed by atoms with Crippen molar-refractivity contribution in [3.8, 4) is 5.75 Å². The van der Waals surface area contributed by atoms with E-state index < -0.39 is 5.97 Å². The molecule has 0 aliphatic rings. The number of carbonyl (C=O) groups is 1. The molecule has 0 spiro atoms. The molecule has 0 saturated carbocycles. The van der Waals surface area contributed by atoms with Crippen molar-refractivity contribution in [3.05, 3.63) is 77.0 Å². The minimum atomic E-state index is -0.501. The Kier molecular flexibility index (Phi) is 4.60. The van der Waals surface area contributed by atoms with E-state index in [2.05, 4.69) is 31.2 Å². The van der Waals surface area contributed by atoms with Crippen LogP contribution in [0.1, 0.15) is 10.5 Å². The number of carbonyl (C=O) groups excluding carboxylic acids is 1. The molecule has 4 aromatic rings. The Balaban J connectivity index is 1.59. The van der Waals surface area contributed by atoms with Crippen LogP contribution in [0, 0.1) is 0 Å². The number of rotatable bonds is 4. The van der Waals surface area contributed by atoms with Gasteiger partial charge in [-0.1, -0.05) is 22.0 Å². The summed E-state index contributed by atoms with van der Waals surface area (Å²) in [7, 11) is 1.93. The predicted octanol–water partition coefficient (Wildman–Crippen LogP) is 4.69. The number of halogens is 1. The van der Waals surface area contributed by atoms with Gasteiger partial charge >= 0.3 is 5.97 Å². The van der Waals surface area contributed by atoms with Gasteiger partial charge in [-0.25, -0.2) is 14.8 Å². The lowest BCUT2D eigenvalue weighted by atomic mass is 10.3. The highest BCUT2D eigenvalue weighted by atomic mass is 79.9. The molecule has 0 saturated heterocycles. The average Bonchev–Trinajstić information content (AvgIpc) is 2.99. The van der Waals surface area contributed by atoms with Gasteiger partial charge in [0, 0.05) is 29.5 Å². The fourth-order valence-corrected chi connectivity index (χ4v) is 2.92. The number of imidazole rings is 1. The normalized spacial score (nSPS) is 10.7. The Bertz CT molecular complexity index is 1110. The number of benzene rings is 2. The Labute approximate surface area is 164 Å². The molecule has 1 N–H and O–H groups in total. The van der Waals surface area contributed by atoms with Crippen LogP contribution in [0.4, 0.5) is 11.6 Å². The Morgan fingerprint density at radius 2 is 1.93 bits per heavy atom. The number of nitrogens with zero attached hydrogens (tertiary/aromatic N) is 3. The first-order chi connectivity index (χ1) is 13.1. The van der Waals surface area contributed by atoms with Crippen molar-refractivity contribution >= 4 is 44.6 Å². The number of hydrogen-bond donors (Lipinski definition) is 1. The molecule has 0 bridgehead atoms. The van der Waals surface area contributed by atoms with Crippen LogP contribution in [0.15, 0.2) is 71.3 Å². The summed E-state index contributed by atoms with van der Waals surface area (Å²) < 4.78 is 8.37. The number of aromatic nitrogens is 3. The number of ether oxygens (including phenoxy) is 1. The summed E-state index contributed by atoms with van der Waals surface area (Å²) in [6.45, 7) is 0.